The summed E-state index contributed by atoms with van der Waals surface area (Å²) in [6, 6.07) is 5.55. The van der Waals surface area contributed by atoms with Crippen LogP contribution in [0, 0.1) is 5.82 Å². The van der Waals surface area contributed by atoms with Crippen LogP contribution in [0.1, 0.15) is 18.6 Å². The van der Waals surface area contributed by atoms with E-state index in [-0.39, 0.29) is 11.3 Å². The molecule has 0 aromatic heterocycles. The Morgan fingerprint density at radius 3 is 2.50 bits per heavy atom. The molecule has 90 valence electrons. The Morgan fingerprint density at radius 1 is 1.44 bits per heavy atom. The summed E-state index contributed by atoms with van der Waals surface area (Å²) in [4.78, 5) is 0. The number of halogens is 2. The summed E-state index contributed by atoms with van der Waals surface area (Å²) in [6.07, 6.45) is -1.41. The minimum atomic E-state index is -3.46. The van der Waals surface area contributed by atoms with Crippen molar-refractivity contribution in [3.8, 4) is 0 Å². The van der Waals surface area contributed by atoms with E-state index in [9.17, 15) is 17.9 Å². The molecule has 16 heavy (non-hydrogen) atoms. The summed E-state index contributed by atoms with van der Waals surface area (Å²) >= 11 is 2.89. The van der Waals surface area contributed by atoms with Crippen LogP contribution in [0.5, 0.6) is 0 Å². The zero-order valence-corrected chi connectivity index (χ0v) is 11.0. The number of hydrogen-bond acceptors (Lipinski definition) is 3. The van der Waals surface area contributed by atoms with E-state index in [4.69, 9.17) is 0 Å². The van der Waals surface area contributed by atoms with E-state index in [1.807, 2.05) is 0 Å². The third kappa shape index (κ3) is 2.81. The first-order valence-corrected chi connectivity index (χ1v) is 7.31. The lowest BCUT2D eigenvalue weighted by atomic mass is 10.1. The van der Waals surface area contributed by atoms with Crippen LogP contribution in [0.25, 0.3) is 0 Å². The van der Waals surface area contributed by atoms with E-state index in [0.29, 0.717) is 0 Å². The molecule has 1 rings (SSSR count). The Morgan fingerprint density at radius 2 is 2.00 bits per heavy atom. The largest absolute Gasteiger partial charge is 0.386 e. The Hall–Kier alpha value is -0.460. The highest BCUT2D eigenvalue weighted by Crippen LogP contribution is 2.28. The van der Waals surface area contributed by atoms with Gasteiger partial charge in [0.2, 0.25) is 0 Å². The first-order valence-electron chi connectivity index (χ1n) is 4.68. The van der Waals surface area contributed by atoms with Gasteiger partial charge in [0.1, 0.15) is 16.1 Å². The second kappa shape index (κ2) is 5.25. The van der Waals surface area contributed by atoms with Crippen LogP contribution in [0.4, 0.5) is 4.39 Å². The van der Waals surface area contributed by atoms with Gasteiger partial charge in [-0.15, -0.1) is 0 Å². The molecule has 0 heterocycles. The predicted octanol–water partition coefficient (Wildman–Crippen LogP) is 2.01. The second-order valence-electron chi connectivity index (χ2n) is 3.27. The Kier molecular flexibility index (Phi) is 4.46. The quantitative estimate of drug-likeness (QED) is 0.866. The molecule has 0 saturated heterocycles. The van der Waals surface area contributed by atoms with Gasteiger partial charge in [-0.05, 0) is 6.07 Å². The van der Waals surface area contributed by atoms with Gasteiger partial charge >= 0.3 is 0 Å². The van der Waals surface area contributed by atoms with E-state index >= 15 is 0 Å². The Bertz CT molecular complexity index is 461. The number of alkyl halides is 1. The van der Waals surface area contributed by atoms with Gasteiger partial charge in [0.25, 0.3) is 0 Å². The number of benzene rings is 1. The van der Waals surface area contributed by atoms with Gasteiger partial charge in [-0.2, -0.15) is 0 Å². The molecule has 0 spiro atoms. The van der Waals surface area contributed by atoms with Crippen molar-refractivity contribution in [1.29, 1.82) is 0 Å². The number of rotatable bonds is 4. The van der Waals surface area contributed by atoms with Crippen LogP contribution >= 0.6 is 15.9 Å². The summed E-state index contributed by atoms with van der Waals surface area (Å²) in [5.41, 5.74) is -0.0265. The fraction of sp³-hybridized carbons (Fsp3) is 0.400. The van der Waals surface area contributed by atoms with Gasteiger partial charge in [0, 0.05) is 11.3 Å². The van der Waals surface area contributed by atoms with Gasteiger partial charge in [0.05, 0.1) is 0 Å². The maximum Gasteiger partial charge on any atom is 0.165 e. The summed E-state index contributed by atoms with van der Waals surface area (Å²) in [7, 11) is -3.46. The summed E-state index contributed by atoms with van der Waals surface area (Å²) in [5.74, 6) is -0.736. The first-order chi connectivity index (χ1) is 7.40. The fourth-order valence-electron chi connectivity index (χ4n) is 1.21. The van der Waals surface area contributed by atoms with Gasteiger partial charge in [0.15, 0.2) is 9.84 Å². The number of sulfone groups is 1. The second-order valence-corrected chi connectivity index (χ2v) is 7.27. The van der Waals surface area contributed by atoms with E-state index in [2.05, 4.69) is 15.9 Å². The minimum absolute atomic E-state index is 0.0265. The van der Waals surface area contributed by atoms with Gasteiger partial charge in [-0.3, -0.25) is 0 Å². The highest BCUT2D eigenvalue weighted by molar-refractivity contribution is 9.11. The maximum absolute atomic E-state index is 13.3. The van der Waals surface area contributed by atoms with E-state index in [1.165, 1.54) is 25.1 Å². The first kappa shape index (κ1) is 13.6. The van der Waals surface area contributed by atoms with Crippen molar-refractivity contribution in [2.45, 2.75) is 17.2 Å². The standard InChI is InChI=1S/C10H12BrFO3S/c1-2-16(14,15)10(11)9(13)7-5-3-4-6-8(7)12/h3-6,9-10,13H,2H2,1H3/t9-,10-/m0/s1. The molecule has 0 aliphatic rings. The summed E-state index contributed by atoms with van der Waals surface area (Å²) in [6.45, 7) is 1.47. The van der Waals surface area contributed by atoms with Crippen LogP contribution in [-0.4, -0.2) is 23.4 Å². The molecule has 0 radical (unpaired) electrons. The highest BCUT2D eigenvalue weighted by atomic mass is 79.9. The summed E-state index contributed by atoms with van der Waals surface area (Å²) in [5, 5.41) is 9.77. The molecule has 3 nitrogen and oxygen atoms in total. The maximum atomic E-state index is 13.3. The van der Waals surface area contributed by atoms with Crippen molar-refractivity contribution < 1.29 is 17.9 Å². The van der Waals surface area contributed by atoms with Crippen molar-refractivity contribution in [2.24, 2.45) is 0 Å². The molecule has 0 saturated carbocycles. The lowest BCUT2D eigenvalue weighted by molar-refractivity contribution is 0.190. The average Bonchev–Trinajstić information content (AvgIpc) is 2.27. The SMILES string of the molecule is CCS(=O)(=O)[C@H](Br)[C@@H](O)c1ccccc1F. The molecule has 0 amide bonds. The third-order valence-corrected chi connectivity index (χ3v) is 6.18. The van der Waals surface area contributed by atoms with Gasteiger partial charge in [-0.25, -0.2) is 12.8 Å². The normalized spacial score (nSPS) is 15.8. The molecule has 0 aliphatic heterocycles. The third-order valence-electron chi connectivity index (χ3n) is 2.22. The summed E-state index contributed by atoms with van der Waals surface area (Å²) < 4.78 is 35.1. The van der Waals surface area contributed by atoms with Crippen LogP contribution in [0.2, 0.25) is 0 Å². The Balaban J connectivity index is 3.04. The molecular weight excluding hydrogens is 299 g/mol. The smallest absolute Gasteiger partial charge is 0.165 e. The number of hydrogen-bond donors (Lipinski definition) is 1. The molecule has 0 aliphatic carbocycles. The topological polar surface area (TPSA) is 54.4 Å². The average molecular weight is 311 g/mol. The van der Waals surface area contributed by atoms with E-state index < -0.39 is 25.9 Å². The lowest BCUT2D eigenvalue weighted by Gasteiger charge is -2.17. The van der Waals surface area contributed by atoms with Crippen LogP contribution in [-0.2, 0) is 9.84 Å². The molecule has 1 aromatic rings. The highest BCUT2D eigenvalue weighted by Gasteiger charge is 2.30. The van der Waals surface area contributed by atoms with Crippen molar-refractivity contribution in [2.75, 3.05) is 5.75 Å². The van der Waals surface area contributed by atoms with Crippen LogP contribution in [0.3, 0.4) is 0 Å². The minimum Gasteiger partial charge on any atom is -0.386 e. The van der Waals surface area contributed by atoms with Crippen LogP contribution in [0.15, 0.2) is 24.3 Å². The van der Waals surface area contributed by atoms with E-state index in [1.54, 1.807) is 6.07 Å². The zero-order chi connectivity index (χ0) is 12.3. The van der Waals surface area contributed by atoms with Crippen molar-refractivity contribution in [3.63, 3.8) is 0 Å². The monoisotopic (exact) mass is 310 g/mol. The molecule has 1 aromatic carbocycles. The zero-order valence-electron chi connectivity index (χ0n) is 8.60. The molecule has 0 unspecified atom stereocenters. The van der Waals surface area contributed by atoms with Crippen molar-refractivity contribution >= 4 is 25.8 Å². The van der Waals surface area contributed by atoms with E-state index in [0.717, 1.165) is 0 Å². The molecule has 6 heteroatoms. The number of aliphatic hydroxyl groups excluding tert-OH is 1. The molecule has 2 atom stereocenters. The number of aliphatic hydroxyl groups is 1. The fourth-order valence-corrected chi connectivity index (χ4v) is 3.15. The van der Waals surface area contributed by atoms with Gasteiger partial charge in [-0.1, -0.05) is 41.1 Å². The predicted molar refractivity (Wildman–Crippen MR) is 63.5 cm³/mol. The van der Waals surface area contributed by atoms with Crippen molar-refractivity contribution in [3.05, 3.63) is 35.6 Å². The van der Waals surface area contributed by atoms with Gasteiger partial charge < -0.3 is 5.11 Å². The Labute approximate surface area is 102 Å². The van der Waals surface area contributed by atoms with Crippen molar-refractivity contribution in [1.82, 2.24) is 0 Å². The molecule has 0 fully saturated rings. The molecular formula is C10H12BrFO3S. The van der Waals surface area contributed by atoms with Crippen LogP contribution < -0.4 is 0 Å². The molecule has 1 N–H and O–H groups in total. The lowest BCUT2D eigenvalue weighted by Crippen LogP contribution is -2.24. The molecule has 0 bridgehead atoms.